The highest BCUT2D eigenvalue weighted by atomic mass is 35.5. The number of aromatic nitrogens is 2. The summed E-state index contributed by atoms with van der Waals surface area (Å²) in [7, 11) is 0. The number of nitrogens with zero attached hydrogens (tertiary/aromatic N) is 3. The Labute approximate surface area is 151 Å². The lowest BCUT2D eigenvalue weighted by molar-refractivity contribution is 0.293. The van der Waals surface area contributed by atoms with Crippen LogP contribution in [-0.2, 0) is 5.41 Å². The van der Waals surface area contributed by atoms with Crippen molar-refractivity contribution in [2.75, 3.05) is 0 Å². The third kappa shape index (κ3) is 2.24. The van der Waals surface area contributed by atoms with Gasteiger partial charge in [0.25, 0.3) is 0 Å². The van der Waals surface area contributed by atoms with Gasteiger partial charge in [-0.05, 0) is 26.0 Å². The van der Waals surface area contributed by atoms with E-state index in [1.54, 1.807) is 18.3 Å². The Morgan fingerprint density at radius 2 is 1.88 bits per heavy atom. The van der Waals surface area contributed by atoms with Crippen molar-refractivity contribution in [3.8, 4) is 0 Å². The van der Waals surface area contributed by atoms with Gasteiger partial charge in [0.15, 0.2) is 5.65 Å². The summed E-state index contributed by atoms with van der Waals surface area (Å²) in [6.45, 7) is 8.17. The normalized spacial score (nSPS) is 18.1. The van der Waals surface area contributed by atoms with Crippen molar-refractivity contribution in [2.45, 2.75) is 38.6 Å². The molecule has 0 aliphatic carbocycles. The van der Waals surface area contributed by atoms with Gasteiger partial charge in [-0.2, -0.15) is 0 Å². The fraction of sp³-hybridized carbons (Fsp3) is 0.300. The first-order valence-electron chi connectivity index (χ1n) is 8.24. The van der Waals surface area contributed by atoms with Crippen LogP contribution in [0.3, 0.4) is 0 Å². The van der Waals surface area contributed by atoms with Crippen LogP contribution in [0.2, 0.25) is 5.02 Å². The molecule has 0 unspecified atom stereocenters. The van der Waals surface area contributed by atoms with E-state index in [0.29, 0.717) is 16.2 Å². The molecule has 0 saturated heterocycles. The van der Waals surface area contributed by atoms with E-state index in [-0.39, 0.29) is 5.82 Å². The molecule has 1 aliphatic heterocycles. The zero-order chi connectivity index (χ0) is 18.0. The van der Waals surface area contributed by atoms with Crippen LogP contribution >= 0.6 is 11.6 Å². The van der Waals surface area contributed by atoms with Crippen LogP contribution in [0.25, 0.3) is 5.65 Å². The Morgan fingerprint density at radius 3 is 2.64 bits per heavy atom. The molecular weight excluding hydrogens is 337 g/mol. The van der Waals surface area contributed by atoms with Crippen molar-refractivity contribution in [1.82, 2.24) is 9.38 Å². The summed E-state index contributed by atoms with van der Waals surface area (Å²) >= 11 is 6.13. The van der Waals surface area contributed by atoms with Gasteiger partial charge in [0, 0.05) is 40.7 Å². The number of fused-ring (bicyclic) bond motifs is 2. The molecular formula is C20H19ClFN3. The maximum absolute atomic E-state index is 14.8. The van der Waals surface area contributed by atoms with Gasteiger partial charge >= 0.3 is 0 Å². The summed E-state index contributed by atoms with van der Waals surface area (Å²) in [5, 5.41) is 0.602. The molecule has 0 saturated carbocycles. The highest BCUT2D eigenvalue weighted by Gasteiger charge is 2.45. The number of halogens is 2. The summed E-state index contributed by atoms with van der Waals surface area (Å²) in [6, 6.07) is 6.99. The molecule has 0 N–H and O–H groups in total. The number of rotatable bonds is 1. The van der Waals surface area contributed by atoms with Crippen molar-refractivity contribution < 1.29 is 4.39 Å². The van der Waals surface area contributed by atoms with Crippen LogP contribution < -0.4 is 0 Å². The molecule has 0 amide bonds. The van der Waals surface area contributed by atoms with Crippen LogP contribution in [0.1, 0.15) is 44.4 Å². The molecule has 3 aromatic rings. The van der Waals surface area contributed by atoms with Crippen molar-refractivity contribution in [1.29, 1.82) is 0 Å². The number of aliphatic imine (C=N–C) groups is 1. The summed E-state index contributed by atoms with van der Waals surface area (Å²) < 4.78 is 16.6. The first-order valence-corrected chi connectivity index (χ1v) is 8.62. The molecule has 1 aromatic carbocycles. The predicted octanol–water partition coefficient (Wildman–Crippen LogP) is 5.03. The molecule has 5 heteroatoms. The molecule has 3 nitrogen and oxygen atoms in total. The van der Waals surface area contributed by atoms with Crippen molar-refractivity contribution >= 4 is 23.0 Å². The lowest BCUT2D eigenvalue weighted by Crippen LogP contribution is -2.46. The molecule has 128 valence electrons. The molecule has 2 aromatic heterocycles. The van der Waals surface area contributed by atoms with Gasteiger partial charge < -0.3 is 4.40 Å². The van der Waals surface area contributed by atoms with Gasteiger partial charge in [-0.25, -0.2) is 9.37 Å². The SMILES string of the molecule is CC1(C)N=C(c2cnc3c(Cl)ccn3c2)c2cccc(F)c2C1(C)C. The summed E-state index contributed by atoms with van der Waals surface area (Å²) in [6.07, 6.45) is 5.55. The van der Waals surface area contributed by atoms with Gasteiger partial charge in [-0.1, -0.05) is 37.6 Å². The topological polar surface area (TPSA) is 29.7 Å². The summed E-state index contributed by atoms with van der Waals surface area (Å²) in [4.78, 5) is 9.45. The maximum atomic E-state index is 14.8. The molecule has 3 heterocycles. The van der Waals surface area contributed by atoms with Crippen LogP contribution in [0.5, 0.6) is 0 Å². The molecule has 0 fully saturated rings. The third-order valence-electron chi connectivity index (χ3n) is 5.53. The molecule has 25 heavy (non-hydrogen) atoms. The number of hydrogen-bond acceptors (Lipinski definition) is 2. The average molecular weight is 356 g/mol. The largest absolute Gasteiger partial charge is 0.307 e. The van der Waals surface area contributed by atoms with Gasteiger partial charge in [-0.3, -0.25) is 4.99 Å². The average Bonchev–Trinajstić information content (AvgIpc) is 2.92. The third-order valence-corrected chi connectivity index (χ3v) is 5.83. The van der Waals surface area contributed by atoms with E-state index in [9.17, 15) is 4.39 Å². The minimum absolute atomic E-state index is 0.193. The van der Waals surface area contributed by atoms with Gasteiger partial charge in [-0.15, -0.1) is 0 Å². The highest BCUT2D eigenvalue weighted by molar-refractivity contribution is 6.33. The first-order chi connectivity index (χ1) is 11.7. The van der Waals surface area contributed by atoms with Gasteiger partial charge in [0.05, 0.1) is 16.3 Å². The van der Waals surface area contributed by atoms with E-state index in [1.807, 2.05) is 50.6 Å². The maximum Gasteiger partial charge on any atom is 0.155 e. The van der Waals surface area contributed by atoms with Crippen molar-refractivity contribution in [3.63, 3.8) is 0 Å². The first kappa shape index (κ1) is 16.3. The van der Waals surface area contributed by atoms with Gasteiger partial charge in [0.1, 0.15) is 5.82 Å². The fourth-order valence-corrected chi connectivity index (χ4v) is 3.65. The second kappa shape index (κ2) is 5.15. The van der Waals surface area contributed by atoms with E-state index < -0.39 is 11.0 Å². The Kier molecular flexibility index (Phi) is 3.35. The van der Waals surface area contributed by atoms with Crippen LogP contribution in [0.15, 0.2) is 47.8 Å². The predicted molar refractivity (Wildman–Crippen MR) is 99.3 cm³/mol. The quantitative estimate of drug-likeness (QED) is 0.601. The highest BCUT2D eigenvalue weighted by Crippen LogP contribution is 2.44. The van der Waals surface area contributed by atoms with E-state index in [0.717, 1.165) is 16.8 Å². The zero-order valence-corrected chi connectivity index (χ0v) is 15.4. The minimum Gasteiger partial charge on any atom is -0.307 e. The van der Waals surface area contributed by atoms with E-state index in [2.05, 4.69) is 4.98 Å². The Bertz CT molecular complexity index is 1030. The lowest BCUT2D eigenvalue weighted by atomic mass is 9.65. The molecule has 0 atom stereocenters. The minimum atomic E-state index is -0.458. The van der Waals surface area contributed by atoms with Crippen molar-refractivity contribution in [2.24, 2.45) is 4.99 Å². The Hall–Kier alpha value is -2.20. The standard InChI is InChI=1S/C20H19ClFN3/c1-19(2)16-13(6-5-7-15(16)22)17(24-20(19,3)4)12-10-23-18-14(21)8-9-25(18)11-12/h5-11H,1-4H3. The Morgan fingerprint density at radius 1 is 1.12 bits per heavy atom. The van der Waals surface area contributed by atoms with Crippen molar-refractivity contribution in [3.05, 3.63) is 70.4 Å². The van der Waals surface area contributed by atoms with E-state index in [4.69, 9.17) is 16.6 Å². The Balaban J connectivity index is 2.00. The van der Waals surface area contributed by atoms with Crippen LogP contribution in [0, 0.1) is 5.82 Å². The van der Waals surface area contributed by atoms with Crippen LogP contribution in [-0.4, -0.2) is 20.6 Å². The molecule has 1 aliphatic rings. The monoisotopic (exact) mass is 355 g/mol. The van der Waals surface area contributed by atoms with E-state index in [1.165, 1.54) is 6.07 Å². The number of benzene rings is 1. The molecule has 0 bridgehead atoms. The second-order valence-electron chi connectivity index (χ2n) is 7.54. The van der Waals surface area contributed by atoms with Gasteiger partial charge in [0.2, 0.25) is 0 Å². The number of hydrogen-bond donors (Lipinski definition) is 0. The smallest absolute Gasteiger partial charge is 0.155 e. The molecule has 4 rings (SSSR count). The summed E-state index contributed by atoms with van der Waals surface area (Å²) in [5.74, 6) is -0.193. The van der Waals surface area contributed by atoms with Crippen LogP contribution in [0.4, 0.5) is 4.39 Å². The summed E-state index contributed by atoms with van der Waals surface area (Å²) in [5.41, 5.74) is 2.94. The fourth-order valence-electron chi connectivity index (χ4n) is 3.44. The van der Waals surface area contributed by atoms with E-state index >= 15 is 0 Å². The molecule has 0 radical (unpaired) electrons. The second-order valence-corrected chi connectivity index (χ2v) is 7.95. The zero-order valence-electron chi connectivity index (χ0n) is 14.6. The molecule has 0 spiro atoms. The lowest BCUT2D eigenvalue weighted by Gasteiger charge is -2.44.